The molecule has 35 heavy (non-hydrogen) atoms. The van der Waals surface area contributed by atoms with E-state index < -0.39 is 6.10 Å². The van der Waals surface area contributed by atoms with Gasteiger partial charge in [-0.15, -0.1) is 11.3 Å². The number of piperidine rings is 1. The predicted octanol–water partition coefficient (Wildman–Crippen LogP) is 3.34. The lowest BCUT2D eigenvalue weighted by molar-refractivity contribution is -0.119. The zero-order chi connectivity index (χ0) is 24.4. The standard InChI is InChI=1S/C26H31FN4O3S/c1-17-28-24-14-22(6-7-25(24)35-17)34-16-21(32)15-30-11-8-19(9-12-30)29-23-10-13-31(26(23)33)20-4-2-18(27)3-5-20/h2-7,14,19,21,23,29,32H,8-13,15-16H2,1H3/t21-,23?/m1/s1. The van der Waals surface area contributed by atoms with Crippen molar-refractivity contribution >= 4 is 33.1 Å². The van der Waals surface area contributed by atoms with Crippen LogP contribution in [-0.2, 0) is 4.79 Å². The molecule has 2 N–H and O–H groups in total. The maximum Gasteiger partial charge on any atom is 0.244 e. The van der Waals surface area contributed by atoms with Gasteiger partial charge in [0.05, 0.1) is 21.3 Å². The number of anilines is 1. The highest BCUT2D eigenvalue weighted by Crippen LogP contribution is 2.26. The molecule has 2 saturated heterocycles. The van der Waals surface area contributed by atoms with Crippen LogP contribution in [0, 0.1) is 12.7 Å². The van der Waals surface area contributed by atoms with E-state index in [1.165, 1.54) is 12.1 Å². The first-order valence-corrected chi connectivity index (χ1v) is 13.0. The molecule has 2 aliphatic heterocycles. The number of nitrogens with zero attached hydrogens (tertiary/aromatic N) is 3. The normalized spacial score (nSPS) is 20.6. The number of likely N-dealkylation sites (tertiary alicyclic amines) is 1. The SMILES string of the molecule is Cc1nc2cc(OC[C@H](O)CN3CCC(NC4CCN(c5ccc(F)cc5)C4=O)CC3)ccc2s1. The number of hydrogen-bond acceptors (Lipinski definition) is 7. The van der Waals surface area contributed by atoms with Crippen molar-refractivity contribution in [1.82, 2.24) is 15.2 Å². The molecule has 0 aliphatic carbocycles. The minimum atomic E-state index is -0.576. The predicted molar refractivity (Wildman–Crippen MR) is 136 cm³/mol. The number of halogens is 1. The van der Waals surface area contributed by atoms with Crippen LogP contribution >= 0.6 is 11.3 Å². The van der Waals surface area contributed by atoms with E-state index in [0.29, 0.717) is 13.1 Å². The van der Waals surface area contributed by atoms with Crippen molar-refractivity contribution in [2.24, 2.45) is 0 Å². The molecule has 0 bridgehead atoms. The van der Waals surface area contributed by atoms with Crippen LogP contribution < -0.4 is 15.0 Å². The third kappa shape index (κ3) is 5.81. The van der Waals surface area contributed by atoms with Crippen LogP contribution in [0.2, 0.25) is 0 Å². The molecule has 5 rings (SSSR count). The highest BCUT2D eigenvalue weighted by Gasteiger charge is 2.34. The molecule has 1 amide bonds. The number of fused-ring (bicyclic) bond motifs is 1. The van der Waals surface area contributed by atoms with Gasteiger partial charge >= 0.3 is 0 Å². The van der Waals surface area contributed by atoms with Gasteiger partial charge in [0.15, 0.2) is 0 Å². The third-order valence-corrected chi connectivity index (χ3v) is 7.70. The Morgan fingerprint density at radius 3 is 2.71 bits per heavy atom. The van der Waals surface area contributed by atoms with E-state index in [0.717, 1.165) is 59.0 Å². The van der Waals surface area contributed by atoms with Gasteiger partial charge in [-0.1, -0.05) is 0 Å². The Morgan fingerprint density at radius 1 is 1.17 bits per heavy atom. The number of benzene rings is 2. The van der Waals surface area contributed by atoms with Crippen molar-refractivity contribution in [3.8, 4) is 5.75 Å². The number of hydrogen-bond donors (Lipinski definition) is 2. The maximum absolute atomic E-state index is 13.2. The molecule has 0 saturated carbocycles. The Labute approximate surface area is 208 Å². The molecule has 2 atom stereocenters. The van der Waals surface area contributed by atoms with E-state index in [1.807, 2.05) is 25.1 Å². The van der Waals surface area contributed by atoms with E-state index in [-0.39, 0.29) is 30.4 Å². The molecule has 2 aliphatic rings. The van der Waals surface area contributed by atoms with Crippen LogP contribution in [0.3, 0.4) is 0 Å². The lowest BCUT2D eigenvalue weighted by Crippen LogP contribution is -2.50. The quantitative estimate of drug-likeness (QED) is 0.496. The first-order valence-electron chi connectivity index (χ1n) is 12.2. The summed E-state index contributed by atoms with van der Waals surface area (Å²) >= 11 is 1.66. The number of carbonyl (C=O) groups excluding carboxylic acids is 1. The number of aliphatic hydroxyl groups is 1. The fourth-order valence-electron chi connectivity index (χ4n) is 4.93. The molecule has 0 radical (unpaired) electrons. The van der Waals surface area contributed by atoms with Crippen LogP contribution in [0.5, 0.6) is 5.75 Å². The Balaban J connectivity index is 1.04. The molecule has 3 heterocycles. The Hall–Kier alpha value is -2.59. The molecule has 186 valence electrons. The smallest absolute Gasteiger partial charge is 0.244 e. The van der Waals surface area contributed by atoms with Crippen molar-refractivity contribution in [3.63, 3.8) is 0 Å². The summed E-state index contributed by atoms with van der Waals surface area (Å²) in [4.78, 5) is 21.3. The highest BCUT2D eigenvalue weighted by molar-refractivity contribution is 7.18. The minimum absolute atomic E-state index is 0.0533. The molecule has 2 fully saturated rings. The fraction of sp³-hybridized carbons (Fsp3) is 0.462. The number of nitrogens with one attached hydrogen (secondary N) is 1. The molecule has 7 nitrogen and oxygen atoms in total. The van der Waals surface area contributed by atoms with Gasteiger partial charge in [-0.3, -0.25) is 4.79 Å². The number of β-amino-alcohol motifs (C(OH)–C–C–N with tert-alkyl or cyclic N) is 1. The lowest BCUT2D eigenvalue weighted by atomic mass is 10.0. The van der Waals surface area contributed by atoms with Crippen LogP contribution in [0.25, 0.3) is 10.2 Å². The Kier molecular flexibility index (Phi) is 7.29. The monoisotopic (exact) mass is 498 g/mol. The van der Waals surface area contributed by atoms with Crippen molar-refractivity contribution in [2.45, 2.75) is 44.4 Å². The van der Waals surface area contributed by atoms with Gasteiger partial charge in [0.1, 0.15) is 24.3 Å². The molecule has 1 aromatic heterocycles. The van der Waals surface area contributed by atoms with Gasteiger partial charge < -0.3 is 25.0 Å². The zero-order valence-electron chi connectivity index (χ0n) is 19.8. The van der Waals surface area contributed by atoms with Crippen LogP contribution in [0.15, 0.2) is 42.5 Å². The molecule has 0 spiro atoms. The summed E-state index contributed by atoms with van der Waals surface area (Å²) in [6, 6.07) is 12.0. The van der Waals surface area contributed by atoms with E-state index in [2.05, 4.69) is 15.2 Å². The van der Waals surface area contributed by atoms with E-state index in [9.17, 15) is 14.3 Å². The van der Waals surface area contributed by atoms with Crippen molar-refractivity contribution in [3.05, 3.63) is 53.3 Å². The van der Waals surface area contributed by atoms with Gasteiger partial charge in [-0.25, -0.2) is 9.37 Å². The average Bonchev–Trinajstić information content (AvgIpc) is 3.40. The van der Waals surface area contributed by atoms with E-state index in [1.54, 1.807) is 28.4 Å². The number of aliphatic hydroxyl groups excluding tert-OH is 1. The second-order valence-corrected chi connectivity index (χ2v) is 10.6. The van der Waals surface area contributed by atoms with E-state index in [4.69, 9.17) is 4.74 Å². The van der Waals surface area contributed by atoms with Crippen LogP contribution in [0.4, 0.5) is 10.1 Å². The molecule has 3 aromatic rings. The highest BCUT2D eigenvalue weighted by atomic mass is 32.1. The van der Waals surface area contributed by atoms with Gasteiger partial charge in [0.2, 0.25) is 5.91 Å². The lowest BCUT2D eigenvalue weighted by Gasteiger charge is -2.34. The summed E-state index contributed by atoms with van der Waals surface area (Å²) in [5, 5.41) is 15.1. The minimum Gasteiger partial charge on any atom is -0.491 e. The Morgan fingerprint density at radius 2 is 1.94 bits per heavy atom. The fourth-order valence-corrected chi connectivity index (χ4v) is 5.74. The number of amides is 1. The zero-order valence-corrected chi connectivity index (χ0v) is 20.6. The number of carbonyl (C=O) groups is 1. The third-order valence-electron chi connectivity index (χ3n) is 6.75. The summed E-state index contributed by atoms with van der Waals surface area (Å²) < 4.78 is 20.1. The van der Waals surface area contributed by atoms with Crippen molar-refractivity contribution < 1.29 is 19.0 Å². The average molecular weight is 499 g/mol. The summed E-state index contributed by atoms with van der Waals surface area (Å²) in [6.45, 7) is 5.15. The second-order valence-electron chi connectivity index (χ2n) is 9.38. The second kappa shape index (κ2) is 10.6. The maximum atomic E-state index is 13.2. The molecule has 9 heteroatoms. The molecule has 1 unspecified atom stereocenters. The van der Waals surface area contributed by atoms with Crippen molar-refractivity contribution in [1.29, 1.82) is 0 Å². The number of aromatic nitrogens is 1. The van der Waals surface area contributed by atoms with E-state index >= 15 is 0 Å². The summed E-state index contributed by atoms with van der Waals surface area (Å²) in [5.74, 6) is 0.476. The van der Waals surface area contributed by atoms with Gasteiger partial charge in [0.25, 0.3) is 0 Å². The van der Waals surface area contributed by atoms with Crippen LogP contribution in [-0.4, -0.2) is 71.9 Å². The Bertz CT molecular complexity index is 1160. The van der Waals surface area contributed by atoms with Gasteiger partial charge in [-0.05, 0) is 75.7 Å². The molecular formula is C26H31FN4O3S. The summed E-state index contributed by atoms with van der Waals surface area (Å²) in [6.07, 6.45) is 2.02. The molecule has 2 aromatic carbocycles. The number of thiazole rings is 1. The number of ether oxygens (including phenoxy) is 1. The first kappa shape index (κ1) is 24.1. The van der Waals surface area contributed by atoms with Gasteiger partial charge in [0, 0.05) is 30.9 Å². The first-order chi connectivity index (χ1) is 16.9. The van der Waals surface area contributed by atoms with Crippen LogP contribution in [0.1, 0.15) is 24.3 Å². The number of rotatable bonds is 8. The molecular weight excluding hydrogens is 467 g/mol. The topological polar surface area (TPSA) is 77.9 Å². The summed E-state index contributed by atoms with van der Waals surface area (Å²) in [7, 11) is 0. The largest absolute Gasteiger partial charge is 0.491 e. The number of aryl methyl sites for hydroxylation is 1. The van der Waals surface area contributed by atoms with Gasteiger partial charge in [-0.2, -0.15) is 0 Å². The van der Waals surface area contributed by atoms with Crippen molar-refractivity contribution in [2.75, 3.05) is 37.7 Å². The summed E-state index contributed by atoms with van der Waals surface area (Å²) in [5.41, 5.74) is 1.67.